The molecule has 0 radical (unpaired) electrons. The highest BCUT2D eigenvalue weighted by molar-refractivity contribution is 7.89. The van der Waals surface area contributed by atoms with E-state index in [2.05, 4.69) is 4.72 Å². The predicted molar refractivity (Wildman–Crippen MR) is 76.9 cm³/mol. The first kappa shape index (κ1) is 17.7. The molecule has 0 fully saturated rings. The summed E-state index contributed by atoms with van der Waals surface area (Å²) in [5.41, 5.74) is 5.52. The van der Waals surface area contributed by atoms with E-state index >= 15 is 0 Å². The predicted octanol–water partition coefficient (Wildman–Crippen LogP) is 2.09. The van der Waals surface area contributed by atoms with Crippen molar-refractivity contribution in [2.45, 2.75) is 31.2 Å². The lowest BCUT2D eigenvalue weighted by molar-refractivity contribution is 0.462. The standard InChI is InChI=1S/C11H17ClN2O2S.ClH/c1-8-5-4-6-9(10(8)12)17(15,16)14-11(2,3)7-13;/h4-6,14H,7,13H2,1-3H3;1H. The Labute approximate surface area is 119 Å². The summed E-state index contributed by atoms with van der Waals surface area (Å²) in [7, 11) is -3.65. The van der Waals surface area contributed by atoms with Crippen LogP contribution in [0.3, 0.4) is 0 Å². The molecule has 0 unspecified atom stereocenters. The SMILES string of the molecule is Cc1cccc(S(=O)(=O)NC(C)(C)CN)c1Cl.Cl. The van der Waals surface area contributed by atoms with E-state index in [0.717, 1.165) is 5.56 Å². The maximum atomic E-state index is 12.1. The molecule has 0 aliphatic carbocycles. The molecule has 0 amide bonds. The van der Waals surface area contributed by atoms with Crippen molar-refractivity contribution in [2.24, 2.45) is 5.73 Å². The minimum Gasteiger partial charge on any atom is -0.329 e. The topological polar surface area (TPSA) is 72.2 Å². The van der Waals surface area contributed by atoms with Crippen LogP contribution in [0.4, 0.5) is 0 Å². The Balaban J connectivity index is 0.00000289. The van der Waals surface area contributed by atoms with Crippen LogP contribution in [0, 0.1) is 6.92 Å². The maximum absolute atomic E-state index is 12.1. The van der Waals surface area contributed by atoms with Gasteiger partial charge in [-0.1, -0.05) is 23.7 Å². The zero-order valence-corrected chi connectivity index (χ0v) is 12.9. The second-order valence-electron chi connectivity index (χ2n) is 4.58. The average molecular weight is 313 g/mol. The minimum atomic E-state index is -3.65. The van der Waals surface area contributed by atoms with Crippen molar-refractivity contribution in [3.8, 4) is 0 Å². The Morgan fingerprint density at radius 1 is 1.39 bits per heavy atom. The zero-order valence-electron chi connectivity index (χ0n) is 10.5. The van der Waals surface area contributed by atoms with Crippen molar-refractivity contribution in [3.05, 3.63) is 28.8 Å². The first-order chi connectivity index (χ1) is 7.69. The van der Waals surface area contributed by atoms with E-state index in [9.17, 15) is 8.42 Å². The summed E-state index contributed by atoms with van der Waals surface area (Å²) in [5.74, 6) is 0. The number of aryl methyl sites for hydroxylation is 1. The monoisotopic (exact) mass is 312 g/mol. The molecule has 0 bridgehead atoms. The Kier molecular flexibility index (Phi) is 6.10. The van der Waals surface area contributed by atoms with Crippen LogP contribution < -0.4 is 10.5 Å². The molecular weight excluding hydrogens is 295 g/mol. The Bertz CT molecular complexity index is 516. The van der Waals surface area contributed by atoms with E-state index in [-0.39, 0.29) is 28.9 Å². The fourth-order valence-corrected chi connectivity index (χ4v) is 3.29. The molecule has 1 aromatic carbocycles. The van der Waals surface area contributed by atoms with Crippen molar-refractivity contribution in [1.82, 2.24) is 4.72 Å². The molecule has 0 aliphatic rings. The summed E-state index contributed by atoms with van der Waals surface area (Å²) in [4.78, 5) is 0.0840. The van der Waals surface area contributed by atoms with Gasteiger partial charge in [-0.3, -0.25) is 0 Å². The quantitative estimate of drug-likeness (QED) is 0.894. The van der Waals surface area contributed by atoms with E-state index in [0.29, 0.717) is 0 Å². The molecule has 0 aromatic heterocycles. The van der Waals surface area contributed by atoms with Crippen molar-refractivity contribution in [2.75, 3.05) is 6.54 Å². The molecule has 0 aliphatic heterocycles. The third-order valence-corrected chi connectivity index (χ3v) is 4.72. The van der Waals surface area contributed by atoms with Gasteiger partial charge in [-0.15, -0.1) is 12.4 Å². The summed E-state index contributed by atoms with van der Waals surface area (Å²) in [6, 6.07) is 4.89. The Hall–Kier alpha value is -0.330. The molecule has 104 valence electrons. The normalized spacial score (nSPS) is 12.1. The number of benzene rings is 1. The summed E-state index contributed by atoms with van der Waals surface area (Å²) >= 11 is 6.00. The molecular formula is C11H18Cl2N2O2S. The second kappa shape index (κ2) is 6.21. The van der Waals surface area contributed by atoms with Gasteiger partial charge in [-0.2, -0.15) is 0 Å². The van der Waals surface area contributed by atoms with E-state index in [4.69, 9.17) is 17.3 Å². The average Bonchev–Trinajstić information content (AvgIpc) is 2.20. The lowest BCUT2D eigenvalue weighted by atomic mass is 10.1. The fraction of sp³-hybridized carbons (Fsp3) is 0.455. The Morgan fingerprint density at radius 3 is 2.44 bits per heavy atom. The largest absolute Gasteiger partial charge is 0.329 e. The Morgan fingerprint density at radius 2 is 1.94 bits per heavy atom. The molecule has 4 nitrogen and oxygen atoms in total. The first-order valence-corrected chi connectivity index (χ1v) is 7.05. The zero-order chi connectivity index (χ0) is 13.3. The van der Waals surface area contributed by atoms with Gasteiger partial charge >= 0.3 is 0 Å². The van der Waals surface area contributed by atoms with Crippen molar-refractivity contribution in [1.29, 1.82) is 0 Å². The highest BCUT2D eigenvalue weighted by Gasteiger charge is 2.26. The number of hydrogen-bond acceptors (Lipinski definition) is 3. The van der Waals surface area contributed by atoms with Crippen LogP contribution in [0.5, 0.6) is 0 Å². The molecule has 18 heavy (non-hydrogen) atoms. The van der Waals surface area contributed by atoms with Crippen LogP contribution in [0.1, 0.15) is 19.4 Å². The molecule has 0 heterocycles. The molecule has 0 saturated carbocycles. The van der Waals surface area contributed by atoms with Gasteiger partial charge < -0.3 is 5.73 Å². The second-order valence-corrected chi connectivity index (χ2v) is 6.61. The summed E-state index contributed by atoms with van der Waals surface area (Å²) < 4.78 is 26.8. The van der Waals surface area contributed by atoms with Gasteiger partial charge in [0.1, 0.15) is 4.90 Å². The van der Waals surface area contributed by atoms with Crippen molar-refractivity contribution in [3.63, 3.8) is 0 Å². The molecule has 1 rings (SSSR count). The van der Waals surface area contributed by atoms with E-state index < -0.39 is 15.6 Å². The van der Waals surface area contributed by atoms with Crippen LogP contribution in [-0.2, 0) is 10.0 Å². The van der Waals surface area contributed by atoms with Gasteiger partial charge in [0.25, 0.3) is 0 Å². The molecule has 0 atom stereocenters. The number of rotatable bonds is 4. The fourth-order valence-electron chi connectivity index (χ4n) is 1.29. The first-order valence-electron chi connectivity index (χ1n) is 5.19. The van der Waals surface area contributed by atoms with E-state index in [1.807, 2.05) is 0 Å². The van der Waals surface area contributed by atoms with Crippen LogP contribution in [0.2, 0.25) is 5.02 Å². The molecule has 7 heteroatoms. The summed E-state index contributed by atoms with van der Waals surface area (Å²) in [6.07, 6.45) is 0. The highest BCUT2D eigenvalue weighted by Crippen LogP contribution is 2.25. The van der Waals surface area contributed by atoms with Gasteiger partial charge in [-0.25, -0.2) is 13.1 Å². The number of halogens is 2. The van der Waals surface area contributed by atoms with Gasteiger partial charge in [-0.05, 0) is 32.4 Å². The van der Waals surface area contributed by atoms with Crippen LogP contribution in [0.15, 0.2) is 23.1 Å². The summed E-state index contributed by atoms with van der Waals surface area (Å²) in [6.45, 7) is 5.40. The minimum absolute atomic E-state index is 0. The molecule has 3 N–H and O–H groups in total. The third-order valence-electron chi connectivity index (χ3n) is 2.37. The van der Waals surface area contributed by atoms with Crippen molar-refractivity contribution >= 4 is 34.0 Å². The van der Waals surface area contributed by atoms with Crippen molar-refractivity contribution < 1.29 is 8.42 Å². The maximum Gasteiger partial charge on any atom is 0.242 e. The third kappa shape index (κ3) is 4.10. The van der Waals surface area contributed by atoms with Gasteiger partial charge in [0, 0.05) is 12.1 Å². The van der Waals surface area contributed by atoms with Crippen LogP contribution in [0.25, 0.3) is 0 Å². The van der Waals surface area contributed by atoms with Crippen LogP contribution in [-0.4, -0.2) is 20.5 Å². The van der Waals surface area contributed by atoms with Gasteiger partial charge in [0.2, 0.25) is 10.0 Å². The highest BCUT2D eigenvalue weighted by atomic mass is 35.5. The van der Waals surface area contributed by atoms with Gasteiger partial charge in [0.15, 0.2) is 0 Å². The van der Waals surface area contributed by atoms with Crippen LogP contribution >= 0.6 is 24.0 Å². The van der Waals surface area contributed by atoms with E-state index in [1.54, 1.807) is 32.9 Å². The van der Waals surface area contributed by atoms with E-state index in [1.165, 1.54) is 6.07 Å². The number of sulfonamides is 1. The van der Waals surface area contributed by atoms with Gasteiger partial charge in [0.05, 0.1) is 5.02 Å². The lowest BCUT2D eigenvalue weighted by Crippen LogP contribution is -2.48. The summed E-state index contributed by atoms with van der Waals surface area (Å²) in [5, 5.41) is 0.243. The molecule has 0 spiro atoms. The molecule has 0 saturated heterocycles. The smallest absolute Gasteiger partial charge is 0.242 e. The lowest BCUT2D eigenvalue weighted by Gasteiger charge is -2.24. The number of nitrogens with one attached hydrogen (secondary N) is 1. The molecule has 1 aromatic rings. The number of nitrogens with two attached hydrogens (primary N) is 1. The number of hydrogen-bond donors (Lipinski definition) is 2.